The van der Waals surface area contributed by atoms with Crippen molar-refractivity contribution < 1.29 is 22.8 Å². The Morgan fingerprint density at radius 1 is 1.03 bits per heavy atom. The molecule has 6 N–H and O–H groups in total. The van der Waals surface area contributed by atoms with Crippen LogP contribution in [-0.4, -0.2) is 28.5 Å². The van der Waals surface area contributed by atoms with Gasteiger partial charge in [-0.05, 0) is 42.3 Å². The summed E-state index contributed by atoms with van der Waals surface area (Å²) in [5.41, 5.74) is 3.43. The highest BCUT2D eigenvalue weighted by Crippen LogP contribution is 2.34. The lowest BCUT2D eigenvalue weighted by molar-refractivity contribution is -0.137. The van der Waals surface area contributed by atoms with Crippen molar-refractivity contribution in [3.63, 3.8) is 0 Å². The molecule has 2 heterocycles. The van der Waals surface area contributed by atoms with E-state index in [0.717, 1.165) is 24.3 Å². The van der Waals surface area contributed by atoms with E-state index in [4.69, 9.17) is 5.73 Å². The van der Waals surface area contributed by atoms with Crippen molar-refractivity contribution in [1.29, 1.82) is 0 Å². The minimum atomic E-state index is -4.49. The Labute approximate surface area is 195 Å². The standard InChI is InChI=1S/C22H19F3N6O4/c23-22(24,25)11-5-7-12(8-6-11)27-21(35)31-10-9-14(13-3-1-2-4-15(13)31)28-19(33)17-16(26)18(32)30-20(34)29-17/h1-8,14H,9-10,26H2,(H,27,35)(H,28,33)(H2,29,30,32,34). The van der Waals surface area contributed by atoms with Gasteiger partial charge in [0.05, 0.1) is 17.3 Å². The first kappa shape index (κ1) is 23.6. The second-order valence-electron chi connectivity index (χ2n) is 7.73. The van der Waals surface area contributed by atoms with Crippen LogP contribution < -0.4 is 32.5 Å². The molecule has 0 saturated heterocycles. The Morgan fingerprint density at radius 2 is 1.71 bits per heavy atom. The summed E-state index contributed by atoms with van der Waals surface area (Å²) in [7, 11) is 0. The van der Waals surface area contributed by atoms with E-state index < -0.39 is 46.7 Å². The Balaban J connectivity index is 1.53. The van der Waals surface area contributed by atoms with E-state index in [1.54, 1.807) is 24.3 Å². The van der Waals surface area contributed by atoms with Crippen LogP contribution in [0.25, 0.3) is 0 Å². The fourth-order valence-electron chi connectivity index (χ4n) is 3.76. The number of H-pyrrole nitrogens is 2. The zero-order valence-corrected chi connectivity index (χ0v) is 17.9. The zero-order valence-electron chi connectivity index (χ0n) is 17.9. The number of halogens is 3. The number of alkyl halides is 3. The highest BCUT2D eigenvalue weighted by atomic mass is 19.4. The zero-order chi connectivity index (χ0) is 25.3. The van der Waals surface area contributed by atoms with E-state index >= 15 is 0 Å². The summed E-state index contributed by atoms with van der Waals surface area (Å²) in [6.45, 7) is 0.163. The number of nitrogens with two attached hydrogens (primary N) is 1. The molecule has 0 fully saturated rings. The average molecular weight is 488 g/mol. The third kappa shape index (κ3) is 4.88. The lowest BCUT2D eigenvalue weighted by Crippen LogP contribution is -2.43. The molecule has 0 spiro atoms. The summed E-state index contributed by atoms with van der Waals surface area (Å²) in [6, 6.07) is 9.67. The van der Waals surface area contributed by atoms with Crippen LogP contribution in [0.1, 0.15) is 34.1 Å². The topological polar surface area (TPSA) is 153 Å². The van der Waals surface area contributed by atoms with E-state index in [2.05, 4.69) is 15.6 Å². The van der Waals surface area contributed by atoms with Crippen molar-refractivity contribution in [3.05, 3.63) is 86.2 Å². The molecule has 4 rings (SSSR count). The Kier molecular flexibility index (Phi) is 6.07. The molecule has 0 saturated carbocycles. The number of nitrogens with zero attached hydrogens (tertiary/aromatic N) is 1. The van der Waals surface area contributed by atoms with E-state index in [1.807, 2.05) is 4.98 Å². The number of urea groups is 1. The van der Waals surface area contributed by atoms with Crippen LogP contribution in [0, 0.1) is 0 Å². The van der Waals surface area contributed by atoms with Gasteiger partial charge in [-0.1, -0.05) is 18.2 Å². The average Bonchev–Trinajstić information content (AvgIpc) is 2.81. The minimum absolute atomic E-state index is 0.163. The van der Waals surface area contributed by atoms with Crippen molar-refractivity contribution >= 4 is 29.0 Å². The lowest BCUT2D eigenvalue weighted by atomic mass is 9.96. The first-order chi connectivity index (χ1) is 16.5. The number of carbonyl (C=O) groups excluding carboxylic acids is 2. The maximum atomic E-state index is 12.9. The number of rotatable bonds is 3. The van der Waals surface area contributed by atoms with E-state index in [-0.39, 0.29) is 24.3 Å². The largest absolute Gasteiger partial charge is 0.416 e. The molecule has 35 heavy (non-hydrogen) atoms. The molecule has 0 bridgehead atoms. The van der Waals surface area contributed by atoms with Gasteiger partial charge in [-0.3, -0.25) is 19.5 Å². The molecule has 10 nitrogen and oxygen atoms in total. The summed E-state index contributed by atoms with van der Waals surface area (Å²) >= 11 is 0. The van der Waals surface area contributed by atoms with Gasteiger partial charge in [0.25, 0.3) is 11.5 Å². The molecule has 13 heteroatoms. The van der Waals surface area contributed by atoms with Crippen LogP contribution in [0.5, 0.6) is 0 Å². The van der Waals surface area contributed by atoms with Gasteiger partial charge in [0.15, 0.2) is 0 Å². The van der Waals surface area contributed by atoms with Crippen LogP contribution in [0.2, 0.25) is 0 Å². The molecule has 0 aliphatic carbocycles. The first-order valence-electron chi connectivity index (χ1n) is 10.3. The number of aromatic nitrogens is 2. The van der Waals surface area contributed by atoms with Crippen molar-refractivity contribution in [3.8, 4) is 0 Å². The second-order valence-corrected chi connectivity index (χ2v) is 7.73. The van der Waals surface area contributed by atoms with E-state index in [0.29, 0.717) is 11.3 Å². The molecular formula is C22H19F3N6O4. The number of hydrogen-bond acceptors (Lipinski definition) is 5. The molecular weight excluding hydrogens is 469 g/mol. The van der Waals surface area contributed by atoms with Gasteiger partial charge in [0, 0.05) is 12.2 Å². The summed E-state index contributed by atoms with van der Waals surface area (Å²) in [5.74, 6) is -0.770. The smallest absolute Gasteiger partial charge is 0.392 e. The number of benzene rings is 2. The van der Waals surface area contributed by atoms with Gasteiger partial charge in [0.1, 0.15) is 11.4 Å². The first-order valence-corrected chi connectivity index (χ1v) is 10.3. The van der Waals surface area contributed by atoms with Crippen LogP contribution in [0.15, 0.2) is 58.1 Å². The third-order valence-electron chi connectivity index (χ3n) is 5.46. The Hall–Kier alpha value is -4.55. The molecule has 3 amide bonds. The molecule has 1 unspecified atom stereocenters. The van der Waals surface area contributed by atoms with Crippen LogP contribution in [0.3, 0.4) is 0 Å². The molecule has 1 atom stereocenters. The molecule has 1 aliphatic rings. The van der Waals surface area contributed by atoms with E-state index in [1.165, 1.54) is 4.90 Å². The number of hydrogen-bond donors (Lipinski definition) is 5. The summed E-state index contributed by atoms with van der Waals surface area (Å²) in [6.07, 6.45) is -4.21. The number of anilines is 3. The quantitative estimate of drug-likeness (QED) is 0.384. The SMILES string of the molecule is Nc1c(C(=O)NC2CCN(C(=O)Nc3ccc(C(F)(F)F)cc3)c3ccccc32)[nH]c(=O)[nH]c1=O. The number of amides is 3. The summed E-state index contributed by atoms with van der Waals surface area (Å²) < 4.78 is 38.3. The number of para-hydroxylation sites is 1. The maximum absolute atomic E-state index is 12.9. The number of aromatic amines is 2. The predicted octanol–water partition coefficient (Wildman–Crippen LogP) is 2.58. The van der Waals surface area contributed by atoms with Crippen molar-refractivity contribution in [1.82, 2.24) is 15.3 Å². The summed E-state index contributed by atoms with van der Waals surface area (Å²) in [4.78, 5) is 54.4. The molecule has 3 aromatic rings. The molecule has 0 radical (unpaired) electrons. The lowest BCUT2D eigenvalue weighted by Gasteiger charge is -2.34. The number of nitrogens with one attached hydrogen (secondary N) is 4. The molecule has 1 aliphatic heterocycles. The number of carbonyl (C=O) groups is 2. The second kappa shape index (κ2) is 9.00. The van der Waals surface area contributed by atoms with Gasteiger partial charge in [-0.25, -0.2) is 9.59 Å². The van der Waals surface area contributed by atoms with Gasteiger partial charge >= 0.3 is 17.9 Å². The van der Waals surface area contributed by atoms with Crippen molar-refractivity contribution in [2.75, 3.05) is 22.5 Å². The van der Waals surface area contributed by atoms with Gasteiger partial charge in [-0.15, -0.1) is 0 Å². The van der Waals surface area contributed by atoms with Gasteiger partial charge in [-0.2, -0.15) is 13.2 Å². The normalized spacial score (nSPS) is 15.3. The Morgan fingerprint density at radius 3 is 2.40 bits per heavy atom. The molecule has 1 aromatic heterocycles. The number of fused-ring (bicyclic) bond motifs is 1. The maximum Gasteiger partial charge on any atom is 0.416 e. The fourth-order valence-corrected chi connectivity index (χ4v) is 3.76. The van der Waals surface area contributed by atoms with Crippen LogP contribution >= 0.6 is 0 Å². The van der Waals surface area contributed by atoms with E-state index in [9.17, 15) is 32.3 Å². The van der Waals surface area contributed by atoms with Gasteiger partial charge in [0.2, 0.25) is 0 Å². The van der Waals surface area contributed by atoms with Gasteiger partial charge < -0.3 is 21.4 Å². The molecule has 2 aromatic carbocycles. The Bertz CT molecular complexity index is 1400. The number of nitrogen functional groups attached to an aromatic ring is 1. The van der Waals surface area contributed by atoms with Crippen LogP contribution in [-0.2, 0) is 6.18 Å². The van der Waals surface area contributed by atoms with Crippen molar-refractivity contribution in [2.45, 2.75) is 18.6 Å². The molecule has 182 valence electrons. The summed E-state index contributed by atoms with van der Waals surface area (Å²) in [5, 5.41) is 5.28. The highest BCUT2D eigenvalue weighted by molar-refractivity contribution is 6.03. The van der Waals surface area contributed by atoms with Crippen molar-refractivity contribution in [2.24, 2.45) is 0 Å². The fraction of sp³-hybridized carbons (Fsp3) is 0.182. The monoisotopic (exact) mass is 488 g/mol. The minimum Gasteiger partial charge on any atom is -0.392 e. The highest BCUT2D eigenvalue weighted by Gasteiger charge is 2.32. The third-order valence-corrected chi connectivity index (χ3v) is 5.46. The predicted molar refractivity (Wildman–Crippen MR) is 121 cm³/mol. The van der Waals surface area contributed by atoms with Crippen LogP contribution in [0.4, 0.5) is 35.0 Å².